The van der Waals surface area contributed by atoms with Gasteiger partial charge >= 0.3 is 12.1 Å². The number of carbonyl (C=O) groups is 2. The molecule has 1 aromatic rings. The van der Waals surface area contributed by atoms with Crippen molar-refractivity contribution in [3.63, 3.8) is 0 Å². The molecule has 0 saturated heterocycles. The molecule has 0 atom stereocenters. The number of benzene rings is 1. The zero-order chi connectivity index (χ0) is 19.0. The highest BCUT2D eigenvalue weighted by Crippen LogP contribution is 2.29. The predicted molar refractivity (Wildman–Crippen MR) is 88.5 cm³/mol. The fourth-order valence-corrected chi connectivity index (χ4v) is 1.96. The summed E-state index contributed by atoms with van der Waals surface area (Å²) in [4.78, 5) is 25.0. The van der Waals surface area contributed by atoms with E-state index in [9.17, 15) is 22.8 Å². The smallest absolute Gasteiger partial charge is 0.416 e. The van der Waals surface area contributed by atoms with Crippen LogP contribution in [-0.4, -0.2) is 36.5 Å². The maximum atomic E-state index is 12.6. The van der Waals surface area contributed by atoms with Gasteiger partial charge < -0.3 is 9.64 Å². The van der Waals surface area contributed by atoms with E-state index in [0.29, 0.717) is 13.1 Å². The minimum Gasteiger partial charge on any atom is -0.452 e. The summed E-state index contributed by atoms with van der Waals surface area (Å²) in [6.45, 7) is 7.66. The number of nitrogens with zero attached hydrogens (tertiary/aromatic N) is 1. The van der Waals surface area contributed by atoms with Crippen LogP contribution in [0, 0.1) is 0 Å². The lowest BCUT2D eigenvalue weighted by atomic mass is 10.1. The summed E-state index contributed by atoms with van der Waals surface area (Å²) >= 11 is 0. The maximum absolute atomic E-state index is 12.6. The maximum Gasteiger partial charge on any atom is 0.416 e. The van der Waals surface area contributed by atoms with Crippen LogP contribution in [0.15, 0.2) is 42.5 Å². The number of rotatable bonds is 7. The van der Waals surface area contributed by atoms with Crippen molar-refractivity contribution in [3.8, 4) is 0 Å². The van der Waals surface area contributed by atoms with Crippen molar-refractivity contribution in [3.05, 3.63) is 53.6 Å². The van der Waals surface area contributed by atoms with Crippen LogP contribution in [0.3, 0.4) is 0 Å². The third kappa shape index (κ3) is 7.24. The Labute approximate surface area is 144 Å². The Morgan fingerprint density at radius 3 is 2.56 bits per heavy atom. The van der Waals surface area contributed by atoms with Crippen LogP contribution in [0.25, 0.3) is 6.08 Å². The lowest BCUT2D eigenvalue weighted by Gasteiger charge is -2.20. The highest BCUT2D eigenvalue weighted by Gasteiger charge is 2.30. The summed E-state index contributed by atoms with van der Waals surface area (Å²) in [7, 11) is 0. The molecule has 0 radical (unpaired) electrons. The van der Waals surface area contributed by atoms with Gasteiger partial charge in [-0.2, -0.15) is 13.2 Å². The van der Waals surface area contributed by atoms with E-state index >= 15 is 0 Å². The third-order valence-electron chi connectivity index (χ3n) is 3.16. The molecule has 0 spiro atoms. The topological polar surface area (TPSA) is 46.6 Å². The molecule has 0 aliphatic rings. The summed E-state index contributed by atoms with van der Waals surface area (Å²) in [6, 6.07) is 4.53. The molecule has 7 heteroatoms. The Morgan fingerprint density at radius 1 is 1.32 bits per heavy atom. The standard InChI is InChI=1S/C18H20F3NO3/c1-4-22(11-13(2)3)16(23)12-25-17(24)9-8-14-6-5-7-15(10-14)18(19,20)21/h5-10H,2,4,11-12H2,1,3H3/b9-8+. The largest absolute Gasteiger partial charge is 0.452 e. The average molecular weight is 355 g/mol. The summed E-state index contributed by atoms with van der Waals surface area (Å²) in [5, 5.41) is 0. The Bertz CT molecular complexity index is 666. The van der Waals surface area contributed by atoms with Crippen LogP contribution >= 0.6 is 0 Å². The summed E-state index contributed by atoms with van der Waals surface area (Å²) in [5.41, 5.74) is 0.193. The second-order valence-electron chi connectivity index (χ2n) is 5.43. The number of halogens is 3. The van der Waals surface area contributed by atoms with Crippen molar-refractivity contribution in [2.75, 3.05) is 19.7 Å². The monoisotopic (exact) mass is 355 g/mol. The van der Waals surface area contributed by atoms with Crippen molar-refractivity contribution in [1.29, 1.82) is 0 Å². The van der Waals surface area contributed by atoms with Crippen molar-refractivity contribution < 1.29 is 27.5 Å². The zero-order valence-corrected chi connectivity index (χ0v) is 14.1. The number of esters is 1. The Hall–Kier alpha value is -2.57. The van der Waals surface area contributed by atoms with Crippen LogP contribution in [0.5, 0.6) is 0 Å². The molecule has 0 heterocycles. The van der Waals surface area contributed by atoms with Gasteiger partial charge in [-0.15, -0.1) is 0 Å². The minimum atomic E-state index is -4.45. The van der Waals surface area contributed by atoms with Gasteiger partial charge in [0.05, 0.1) is 5.56 Å². The van der Waals surface area contributed by atoms with Crippen LogP contribution in [0.2, 0.25) is 0 Å². The Balaban J connectivity index is 2.61. The normalized spacial score (nSPS) is 11.4. The van der Waals surface area contributed by atoms with Gasteiger partial charge in [0.1, 0.15) is 0 Å². The molecular weight excluding hydrogens is 335 g/mol. The van der Waals surface area contributed by atoms with Gasteiger partial charge in [0, 0.05) is 19.2 Å². The van der Waals surface area contributed by atoms with Gasteiger partial charge in [-0.3, -0.25) is 4.79 Å². The van der Waals surface area contributed by atoms with E-state index in [1.807, 2.05) is 0 Å². The summed E-state index contributed by atoms with van der Waals surface area (Å²) in [5.74, 6) is -1.18. The molecule has 0 bridgehead atoms. The van der Waals surface area contributed by atoms with E-state index in [0.717, 1.165) is 23.8 Å². The highest BCUT2D eigenvalue weighted by atomic mass is 19.4. The first-order chi connectivity index (χ1) is 11.6. The van der Waals surface area contributed by atoms with Gasteiger partial charge in [0.15, 0.2) is 6.61 Å². The zero-order valence-electron chi connectivity index (χ0n) is 14.1. The molecule has 136 valence electrons. The molecule has 1 aromatic carbocycles. The van der Waals surface area contributed by atoms with Crippen LogP contribution < -0.4 is 0 Å². The summed E-state index contributed by atoms with van der Waals surface area (Å²) in [6.07, 6.45) is -2.27. The molecule has 1 rings (SSSR count). The third-order valence-corrected chi connectivity index (χ3v) is 3.16. The van der Waals surface area contributed by atoms with Gasteiger partial charge in [0.2, 0.25) is 0 Å². The van der Waals surface area contributed by atoms with Crippen molar-refractivity contribution in [2.24, 2.45) is 0 Å². The van der Waals surface area contributed by atoms with E-state index in [1.165, 1.54) is 23.1 Å². The van der Waals surface area contributed by atoms with Crippen molar-refractivity contribution in [1.82, 2.24) is 4.90 Å². The molecule has 0 aliphatic heterocycles. The molecular formula is C18H20F3NO3. The number of hydrogen-bond donors (Lipinski definition) is 0. The van der Waals surface area contributed by atoms with E-state index in [-0.39, 0.29) is 11.5 Å². The first-order valence-corrected chi connectivity index (χ1v) is 7.57. The van der Waals surface area contributed by atoms with Gasteiger partial charge in [-0.1, -0.05) is 24.3 Å². The lowest BCUT2D eigenvalue weighted by Crippen LogP contribution is -2.35. The van der Waals surface area contributed by atoms with E-state index < -0.39 is 24.3 Å². The number of amides is 1. The molecule has 25 heavy (non-hydrogen) atoms. The molecule has 0 fully saturated rings. The minimum absolute atomic E-state index is 0.204. The van der Waals surface area contributed by atoms with Gasteiger partial charge in [-0.05, 0) is 37.6 Å². The summed E-state index contributed by atoms with van der Waals surface area (Å²) < 4.78 is 42.7. The molecule has 0 aromatic heterocycles. The van der Waals surface area contributed by atoms with E-state index in [2.05, 4.69) is 6.58 Å². The fraction of sp³-hybridized carbons (Fsp3) is 0.333. The first kappa shape index (κ1) is 20.5. The van der Waals surface area contributed by atoms with Crippen LogP contribution in [0.4, 0.5) is 13.2 Å². The highest BCUT2D eigenvalue weighted by molar-refractivity contribution is 5.89. The Kier molecular flexibility index (Phi) is 7.42. The molecule has 0 unspecified atom stereocenters. The number of hydrogen-bond acceptors (Lipinski definition) is 3. The van der Waals surface area contributed by atoms with Gasteiger partial charge in [0.25, 0.3) is 5.91 Å². The average Bonchev–Trinajstić information content (AvgIpc) is 2.55. The first-order valence-electron chi connectivity index (χ1n) is 7.57. The lowest BCUT2D eigenvalue weighted by molar-refractivity contribution is -0.147. The molecule has 0 saturated carbocycles. The second-order valence-corrected chi connectivity index (χ2v) is 5.43. The molecule has 4 nitrogen and oxygen atoms in total. The number of alkyl halides is 3. The SMILES string of the molecule is C=C(C)CN(CC)C(=O)COC(=O)/C=C/c1cccc(C(F)(F)F)c1. The number of ether oxygens (including phenoxy) is 1. The quantitative estimate of drug-likeness (QED) is 0.426. The van der Waals surface area contributed by atoms with Gasteiger partial charge in [-0.25, -0.2) is 4.79 Å². The van der Waals surface area contributed by atoms with E-state index in [1.54, 1.807) is 13.8 Å². The Morgan fingerprint density at radius 2 is 2.00 bits per heavy atom. The second kappa shape index (κ2) is 9.05. The predicted octanol–water partition coefficient (Wildman–Crippen LogP) is 3.69. The van der Waals surface area contributed by atoms with Crippen molar-refractivity contribution in [2.45, 2.75) is 20.0 Å². The molecule has 0 N–H and O–H groups in total. The number of likely N-dealkylation sites (N-methyl/N-ethyl adjacent to an activating group) is 1. The number of carbonyl (C=O) groups excluding carboxylic acids is 2. The van der Waals surface area contributed by atoms with E-state index in [4.69, 9.17) is 4.74 Å². The van der Waals surface area contributed by atoms with Crippen LogP contribution in [-0.2, 0) is 20.5 Å². The molecule has 1 amide bonds. The van der Waals surface area contributed by atoms with Crippen LogP contribution in [0.1, 0.15) is 25.0 Å². The molecule has 0 aliphatic carbocycles. The van der Waals surface area contributed by atoms with Crippen molar-refractivity contribution >= 4 is 18.0 Å². The fourth-order valence-electron chi connectivity index (χ4n) is 1.96.